The summed E-state index contributed by atoms with van der Waals surface area (Å²) in [7, 11) is 0. The highest BCUT2D eigenvalue weighted by Crippen LogP contribution is 2.23. The standard InChI is InChI=1S/C14H21N3O2/c1-9(8-18)11(3)15-6-12-7-16-17-14(12)13-5-4-10(2)19-13/h4-5,7,9,11,15,18H,6,8H2,1-3H3,(H,16,17). The zero-order valence-corrected chi connectivity index (χ0v) is 11.6. The minimum absolute atomic E-state index is 0.184. The predicted molar refractivity (Wildman–Crippen MR) is 73.6 cm³/mol. The number of aromatic amines is 1. The Hall–Kier alpha value is -1.59. The maximum atomic E-state index is 9.12. The molecule has 0 aliphatic rings. The molecule has 5 nitrogen and oxygen atoms in total. The van der Waals surface area contributed by atoms with Gasteiger partial charge in [0.2, 0.25) is 0 Å². The van der Waals surface area contributed by atoms with E-state index in [0.717, 1.165) is 22.8 Å². The molecule has 0 aliphatic carbocycles. The van der Waals surface area contributed by atoms with Crippen molar-refractivity contribution in [1.82, 2.24) is 15.5 Å². The van der Waals surface area contributed by atoms with Crippen LogP contribution in [0, 0.1) is 12.8 Å². The van der Waals surface area contributed by atoms with Crippen LogP contribution in [0.5, 0.6) is 0 Å². The SMILES string of the molecule is Cc1ccc(-c2[nH]ncc2CNC(C)C(C)CO)o1. The summed E-state index contributed by atoms with van der Waals surface area (Å²) in [6.45, 7) is 6.88. The molecule has 0 spiro atoms. The van der Waals surface area contributed by atoms with Gasteiger partial charge in [0.05, 0.1) is 6.20 Å². The smallest absolute Gasteiger partial charge is 0.152 e. The number of hydrogen-bond acceptors (Lipinski definition) is 4. The van der Waals surface area contributed by atoms with Crippen LogP contribution < -0.4 is 5.32 Å². The van der Waals surface area contributed by atoms with Gasteiger partial charge in [-0.3, -0.25) is 5.10 Å². The lowest BCUT2D eigenvalue weighted by Gasteiger charge is -2.19. The minimum Gasteiger partial charge on any atom is -0.460 e. The van der Waals surface area contributed by atoms with Crippen molar-refractivity contribution in [3.05, 3.63) is 29.7 Å². The number of nitrogens with zero attached hydrogens (tertiary/aromatic N) is 1. The normalized spacial score (nSPS) is 14.5. The first-order chi connectivity index (χ1) is 9.11. The third-order valence-corrected chi connectivity index (χ3v) is 3.46. The van der Waals surface area contributed by atoms with Crippen LogP contribution in [0.1, 0.15) is 25.2 Å². The van der Waals surface area contributed by atoms with Crippen molar-refractivity contribution in [3.8, 4) is 11.5 Å². The Bertz CT molecular complexity index is 518. The Morgan fingerprint density at radius 2 is 2.21 bits per heavy atom. The summed E-state index contributed by atoms with van der Waals surface area (Å²) < 4.78 is 5.60. The van der Waals surface area contributed by atoms with Crippen molar-refractivity contribution in [2.45, 2.75) is 33.4 Å². The van der Waals surface area contributed by atoms with Gasteiger partial charge >= 0.3 is 0 Å². The summed E-state index contributed by atoms with van der Waals surface area (Å²) in [6.07, 6.45) is 1.80. The average molecular weight is 263 g/mol. The zero-order chi connectivity index (χ0) is 13.8. The largest absolute Gasteiger partial charge is 0.460 e. The summed E-state index contributed by atoms with van der Waals surface area (Å²) in [5.74, 6) is 1.90. The van der Waals surface area contributed by atoms with Gasteiger partial charge in [0.1, 0.15) is 11.5 Å². The number of aliphatic hydroxyl groups is 1. The van der Waals surface area contributed by atoms with E-state index in [4.69, 9.17) is 9.52 Å². The molecule has 0 radical (unpaired) electrons. The molecule has 19 heavy (non-hydrogen) atoms. The average Bonchev–Trinajstić information content (AvgIpc) is 3.03. The highest BCUT2D eigenvalue weighted by Gasteiger charge is 2.14. The monoisotopic (exact) mass is 263 g/mol. The Morgan fingerprint density at radius 1 is 1.42 bits per heavy atom. The van der Waals surface area contributed by atoms with Gasteiger partial charge in [0, 0.05) is 24.8 Å². The molecule has 2 rings (SSSR count). The second kappa shape index (κ2) is 6.04. The van der Waals surface area contributed by atoms with Crippen molar-refractivity contribution < 1.29 is 9.52 Å². The lowest BCUT2D eigenvalue weighted by Crippen LogP contribution is -2.33. The number of H-pyrrole nitrogens is 1. The van der Waals surface area contributed by atoms with E-state index in [1.165, 1.54) is 0 Å². The lowest BCUT2D eigenvalue weighted by atomic mass is 10.0. The van der Waals surface area contributed by atoms with Crippen molar-refractivity contribution in [1.29, 1.82) is 0 Å². The number of furan rings is 1. The van der Waals surface area contributed by atoms with Crippen molar-refractivity contribution in [2.75, 3.05) is 6.61 Å². The molecule has 2 unspecified atom stereocenters. The summed E-state index contributed by atoms with van der Waals surface area (Å²) in [4.78, 5) is 0. The van der Waals surface area contributed by atoms with Crippen LogP contribution in [0.3, 0.4) is 0 Å². The van der Waals surface area contributed by atoms with Gasteiger partial charge in [0.25, 0.3) is 0 Å². The second-order valence-corrected chi connectivity index (χ2v) is 5.01. The molecule has 2 heterocycles. The van der Waals surface area contributed by atoms with Crippen LogP contribution in [0.2, 0.25) is 0 Å². The third kappa shape index (κ3) is 3.24. The lowest BCUT2D eigenvalue weighted by molar-refractivity contribution is 0.207. The molecular weight excluding hydrogens is 242 g/mol. The van der Waals surface area contributed by atoms with Gasteiger partial charge < -0.3 is 14.8 Å². The fraction of sp³-hybridized carbons (Fsp3) is 0.500. The molecule has 0 fully saturated rings. The molecule has 0 amide bonds. The molecule has 0 aliphatic heterocycles. The van der Waals surface area contributed by atoms with E-state index < -0.39 is 0 Å². The summed E-state index contributed by atoms with van der Waals surface area (Å²) in [5.41, 5.74) is 1.97. The Labute approximate surface area is 113 Å². The third-order valence-electron chi connectivity index (χ3n) is 3.46. The molecule has 5 heteroatoms. The number of aryl methyl sites for hydroxylation is 1. The van der Waals surface area contributed by atoms with Crippen molar-refractivity contribution in [2.24, 2.45) is 5.92 Å². The molecule has 104 valence electrons. The predicted octanol–water partition coefficient (Wildman–Crippen LogP) is 2.08. The van der Waals surface area contributed by atoms with Gasteiger partial charge in [-0.2, -0.15) is 5.10 Å². The molecule has 0 saturated heterocycles. The number of nitrogens with one attached hydrogen (secondary N) is 2. The molecule has 2 aromatic heterocycles. The van der Waals surface area contributed by atoms with Crippen molar-refractivity contribution >= 4 is 0 Å². The van der Waals surface area contributed by atoms with E-state index >= 15 is 0 Å². The number of aliphatic hydroxyl groups excluding tert-OH is 1. The molecule has 2 atom stereocenters. The van der Waals surface area contributed by atoms with E-state index in [0.29, 0.717) is 6.54 Å². The first-order valence-corrected chi connectivity index (χ1v) is 6.55. The summed E-state index contributed by atoms with van der Waals surface area (Å²) in [5, 5.41) is 19.6. The van der Waals surface area contributed by atoms with Gasteiger partial charge in [-0.05, 0) is 31.9 Å². The Kier molecular flexibility index (Phi) is 4.39. The molecular formula is C14H21N3O2. The number of rotatable bonds is 6. The van der Waals surface area contributed by atoms with E-state index in [2.05, 4.69) is 22.4 Å². The van der Waals surface area contributed by atoms with Gasteiger partial charge in [-0.15, -0.1) is 0 Å². The molecule has 0 aromatic carbocycles. The number of hydrogen-bond donors (Lipinski definition) is 3. The fourth-order valence-corrected chi connectivity index (χ4v) is 1.86. The Balaban J connectivity index is 2.04. The zero-order valence-electron chi connectivity index (χ0n) is 11.6. The molecule has 2 aromatic rings. The van der Waals surface area contributed by atoms with Crippen LogP contribution in [-0.2, 0) is 6.54 Å². The van der Waals surface area contributed by atoms with Gasteiger partial charge in [-0.1, -0.05) is 6.92 Å². The van der Waals surface area contributed by atoms with Crippen LogP contribution in [0.15, 0.2) is 22.7 Å². The minimum atomic E-state index is 0.184. The molecule has 3 N–H and O–H groups in total. The maximum Gasteiger partial charge on any atom is 0.152 e. The van der Waals surface area contributed by atoms with Crippen molar-refractivity contribution in [3.63, 3.8) is 0 Å². The van der Waals surface area contributed by atoms with Crippen LogP contribution in [0.25, 0.3) is 11.5 Å². The van der Waals surface area contributed by atoms with Gasteiger partial charge in [-0.25, -0.2) is 0 Å². The molecule has 0 saturated carbocycles. The van der Waals surface area contributed by atoms with Crippen LogP contribution in [0.4, 0.5) is 0 Å². The van der Waals surface area contributed by atoms with E-state index in [1.54, 1.807) is 6.20 Å². The maximum absolute atomic E-state index is 9.12. The first-order valence-electron chi connectivity index (χ1n) is 6.55. The fourth-order valence-electron chi connectivity index (χ4n) is 1.86. The highest BCUT2D eigenvalue weighted by atomic mass is 16.3. The van der Waals surface area contributed by atoms with E-state index in [-0.39, 0.29) is 18.6 Å². The van der Waals surface area contributed by atoms with Crippen LogP contribution in [-0.4, -0.2) is 28.0 Å². The van der Waals surface area contributed by atoms with Crippen LogP contribution >= 0.6 is 0 Å². The number of aromatic nitrogens is 2. The molecule has 0 bridgehead atoms. The highest BCUT2D eigenvalue weighted by molar-refractivity contribution is 5.56. The topological polar surface area (TPSA) is 74.1 Å². The quantitative estimate of drug-likeness (QED) is 0.746. The second-order valence-electron chi connectivity index (χ2n) is 5.01. The Morgan fingerprint density at radius 3 is 2.84 bits per heavy atom. The van der Waals surface area contributed by atoms with E-state index in [1.807, 2.05) is 26.0 Å². The summed E-state index contributed by atoms with van der Waals surface area (Å²) in [6, 6.07) is 4.11. The summed E-state index contributed by atoms with van der Waals surface area (Å²) >= 11 is 0. The van der Waals surface area contributed by atoms with E-state index in [9.17, 15) is 0 Å². The van der Waals surface area contributed by atoms with Gasteiger partial charge in [0.15, 0.2) is 5.76 Å². The first kappa shape index (κ1) is 13.8.